The van der Waals surface area contributed by atoms with Gasteiger partial charge in [0.15, 0.2) is 0 Å². The Bertz CT molecular complexity index is 1370. The van der Waals surface area contributed by atoms with Gasteiger partial charge in [-0.2, -0.15) is 11.8 Å². The van der Waals surface area contributed by atoms with Crippen LogP contribution >= 0.6 is 34.4 Å². The van der Waals surface area contributed by atoms with Crippen LogP contribution in [0, 0.1) is 5.92 Å². The third kappa shape index (κ3) is 9.03. The van der Waals surface area contributed by atoms with Gasteiger partial charge in [0.25, 0.3) is 0 Å². The number of nitrogens with zero attached hydrogens (tertiary/aromatic N) is 4. The zero-order valence-corrected chi connectivity index (χ0v) is 24.6. The van der Waals surface area contributed by atoms with E-state index in [9.17, 15) is 19.8 Å². The summed E-state index contributed by atoms with van der Waals surface area (Å²) < 4.78 is 0. The van der Waals surface area contributed by atoms with E-state index < -0.39 is 0 Å². The van der Waals surface area contributed by atoms with Gasteiger partial charge >= 0.3 is 0 Å². The van der Waals surface area contributed by atoms with Gasteiger partial charge in [0.1, 0.15) is 10.0 Å². The third-order valence-electron chi connectivity index (χ3n) is 6.14. The normalized spacial score (nSPS) is 14.9. The van der Waals surface area contributed by atoms with Crippen LogP contribution in [-0.2, 0) is 35.5 Å². The lowest BCUT2D eigenvalue weighted by atomic mass is 9.90. The molecule has 0 spiro atoms. The molecule has 2 heterocycles. The van der Waals surface area contributed by atoms with Gasteiger partial charge in [-0.25, -0.2) is 0 Å². The van der Waals surface area contributed by atoms with Crippen molar-refractivity contribution in [2.75, 3.05) is 28.7 Å². The Morgan fingerprint density at radius 1 is 0.875 bits per heavy atom. The smallest absolute Gasteiger partial charge is 0.230 e. The lowest BCUT2D eigenvalue weighted by Gasteiger charge is -2.17. The number of carbonyl (C=O) groups excluding carboxylic acids is 2. The minimum Gasteiger partial charge on any atom is -0.392 e. The van der Waals surface area contributed by atoms with E-state index in [4.69, 9.17) is 0 Å². The number of thioether (sulfide) groups is 1. The average molecular weight is 601 g/mol. The number of benzene rings is 1. The SMILES string of the molecule is CC1C=C(CC(=O)Nc2nnc(CCSCCc3nnc(NC(=O)Cc4ccccc4CO)s3)s2)C(CO)=CC1. The summed E-state index contributed by atoms with van der Waals surface area (Å²) in [6, 6.07) is 7.30. The van der Waals surface area contributed by atoms with Gasteiger partial charge in [-0.15, -0.1) is 20.4 Å². The maximum atomic E-state index is 12.5. The molecule has 2 aromatic heterocycles. The van der Waals surface area contributed by atoms with Crippen molar-refractivity contribution >= 4 is 56.5 Å². The molecule has 1 atom stereocenters. The highest BCUT2D eigenvalue weighted by Gasteiger charge is 2.17. The van der Waals surface area contributed by atoms with Crippen LogP contribution in [0.2, 0.25) is 0 Å². The molecule has 13 heteroatoms. The number of hydrogen-bond donors (Lipinski definition) is 4. The van der Waals surface area contributed by atoms with Crippen molar-refractivity contribution in [1.29, 1.82) is 0 Å². The molecule has 4 rings (SSSR count). The van der Waals surface area contributed by atoms with Crippen molar-refractivity contribution in [1.82, 2.24) is 20.4 Å². The summed E-state index contributed by atoms with van der Waals surface area (Å²) in [5, 5.41) is 43.7. The molecule has 4 N–H and O–H groups in total. The lowest BCUT2D eigenvalue weighted by Crippen LogP contribution is -2.15. The molecule has 40 heavy (non-hydrogen) atoms. The second-order valence-electron chi connectivity index (χ2n) is 9.28. The second kappa shape index (κ2) is 15.1. The molecule has 3 aromatic rings. The zero-order valence-electron chi connectivity index (χ0n) is 22.1. The Kier molecular flexibility index (Phi) is 11.4. The van der Waals surface area contributed by atoms with Crippen LogP contribution in [0.3, 0.4) is 0 Å². The number of hydrogen-bond acceptors (Lipinski definition) is 11. The zero-order chi connectivity index (χ0) is 28.3. The molecule has 0 saturated carbocycles. The number of carbonyl (C=O) groups is 2. The van der Waals surface area contributed by atoms with Gasteiger partial charge < -0.3 is 20.8 Å². The minimum absolute atomic E-state index is 0.0647. The van der Waals surface area contributed by atoms with Gasteiger partial charge in [-0.05, 0) is 46.1 Å². The van der Waals surface area contributed by atoms with E-state index in [-0.39, 0.29) is 37.9 Å². The standard InChI is InChI=1S/C27H32N6O4S3/c1-17-6-7-20(16-35)21(12-17)14-23(37)29-27-33-31-25(40-27)9-11-38-10-8-24-30-32-26(39-24)28-22(36)13-18-4-2-3-5-19(18)15-34/h2-5,7,12,17,34-35H,6,8-11,13-16H2,1H3,(H,28,32,36)(H,29,33,37). The Balaban J connectivity index is 1.13. The number of rotatable bonds is 14. The van der Waals surface area contributed by atoms with E-state index in [0.29, 0.717) is 16.2 Å². The highest BCUT2D eigenvalue weighted by Crippen LogP contribution is 2.26. The van der Waals surface area contributed by atoms with Crippen molar-refractivity contribution in [3.8, 4) is 0 Å². The molecule has 10 nitrogen and oxygen atoms in total. The van der Waals surface area contributed by atoms with Crippen molar-refractivity contribution in [3.05, 3.63) is 68.7 Å². The summed E-state index contributed by atoms with van der Waals surface area (Å²) >= 11 is 4.49. The molecule has 0 saturated heterocycles. The number of amides is 2. The van der Waals surface area contributed by atoms with Crippen LogP contribution in [0.15, 0.2) is 47.6 Å². The number of aliphatic hydroxyl groups excluding tert-OH is 2. The van der Waals surface area contributed by atoms with Crippen molar-refractivity contribution in [2.24, 2.45) is 5.92 Å². The molecule has 1 unspecified atom stereocenters. The molecule has 1 aliphatic rings. The molecule has 0 aliphatic heterocycles. The van der Waals surface area contributed by atoms with Crippen LogP contribution in [0.5, 0.6) is 0 Å². The maximum absolute atomic E-state index is 12.5. The molecular weight excluding hydrogens is 569 g/mol. The van der Waals surface area contributed by atoms with Crippen molar-refractivity contribution < 1.29 is 19.8 Å². The van der Waals surface area contributed by atoms with Crippen LogP contribution in [0.4, 0.5) is 10.3 Å². The first-order chi connectivity index (χ1) is 19.4. The lowest BCUT2D eigenvalue weighted by molar-refractivity contribution is -0.116. The van der Waals surface area contributed by atoms with Gasteiger partial charge in [-0.1, -0.05) is 66.0 Å². The topological polar surface area (TPSA) is 150 Å². The first-order valence-electron chi connectivity index (χ1n) is 12.9. The van der Waals surface area contributed by atoms with Crippen LogP contribution in [0.1, 0.15) is 40.9 Å². The molecule has 0 fully saturated rings. The summed E-state index contributed by atoms with van der Waals surface area (Å²) in [6.07, 6.45) is 6.77. The summed E-state index contributed by atoms with van der Waals surface area (Å²) in [7, 11) is 0. The van der Waals surface area contributed by atoms with E-state index in [2.05, 4.69) is 38.0 Å². The Morgan fingerprint density at radius 3 is 2.08 bits per heavy atom. The van der Waals surface area contributed by atoms with Gasteiger partial charge in [0.2, 0.25) is 22.1 Å². The molecule has 1 aliphatic carbocycles. The van der Waals surface area contributed by atoms with E-state index in [1.165, 1.54) is 22.7 Å². The highest BCUT2D eigenvalue weighted by molar-refractivity contribution is 7.99. The molecule has 2 amide bonds. The predicted molar refractivity (Wildman–Crippen MR) is 160 cm³/mol. The Hall–Kier alpha value is -2.97. The molecular formula is C27H32N6O4S3. The summed E-state index contributed by atoms with van der Waals surface area (Å²) in [5.41, 5.74) is 3.21. The first kappa shape index (κ1) is 30.0. The predicted octanol–water partition coefficient (Wildman–Crippen LogP) is 3.80. The monoisotopic (exact) mass is 600 g/mol. The maximum Gasteiger partial charge on any atom is 0.230 e. The van der Waals surface area contributed by atoms with E-state index >= 15 is 0 Å². The summed E-state index contributed by atoms with van der Waals surface area (Å²) in [4.78, 5) is 24.9. The van der Waals surface area contributed by atoms with Gasteiger partial charge in [0, 0.05) is 12.8 Å². The van der Waals surface area contributed by atoms with Gasteiger partial charge in [-0.3, -0.25) is 9.59 Å². The van der Waals surface area contributed by atoms with Crippen LogP contribution < -0.4 is 10.6 Å². The molecule has 1 aromatic carbocycles. The number of nitrogens with one attached hydrogen (secondary N) is 2. The van der Waals surface area contributed by atoms with E-state index in [0.717, 1.165) is 63.1 Å². The fourth-order valence-electron chi connectivity index (χ4n) is 4.10. The number of anilines is 2. The van der Waals surface area contributed by atoms with Gasteiger partial charge in [0.05, 0.1) is 26.1 Å². The summed E-state index contributed by atoms with van der Waals surface area (Å²) in [6.45, 7) is 1.92. The van der Waals surface area contributed by atoms with E-state index in [1.807, 2.05) is 30.4 Å². The number of aryl methyl sites for hydroxylation is 2. The average Bonchev–Trinajstić information content (AvgIpc) is 3.58. The van der Waals surface area contributed by atoms with Crippen LogP contribution in [0.25, 0.3) is 0 Å². The Morgan fingerprint density at radius 2 is 1.48 bits per heavy atom. The number of allylic oxidation sites excluding steroid dienone is 2. The van der Waals surface area contributed by atoms with Crippen molar-refractivity contribution in [2.45, 2.75) is 45.6 Å². The second-order valence-corrected chi connectivity index (χ2v) is 12.6. The number of aliphatic hydroxyl groups is 2. The molecule has 212 valence electrons. The Labute approximate surface area is 245 Å². The minimum atomic E-state index is -0.196. The summed E-state index contributed by atoms with van der Waals surface area (Å²) in [5.74, 6) is 1.69. The highest BCUT2D eigenvalue weighted by atomic mass is 32.2. The molecule has 0 radical (unpaired) electrons. The van der Waals surface area contributed by atoms with Crippen LogP contribution in [-0.4, -0.2) is 60.5 Å². The third-order valence-corrected chi connectivity index (χ3v) is 8.92. The van der Waals surface area contributed by atoms with Crippen molar-refractivity contribution in [3.63, 3.8) is 0 Å². The molecule has 0 bridgehead atoms. The van der Waals surface area contributed by atoms with E-state index in [1.54, 1.807) is 17.8 Å². The fourth-order valence-corrected chi connectivity index (χ4v) is 6.75. The largest absolute Gasteiger partial charge is 0.392 e. The quantitative estimate of drug-likeness (QED) is 0.203. The number of aromatic nitrogens is 4. The fraction of sp³-hybridized carbons (Fsp3) is 0.407. The first-order valence-corrected chi connectivity index (χ1v) is 15.7.